The largest absolute Gasteiger partial charge is 0.508 e. The Morgan fingerprint density at radius 2 is 2.37 bits per heavy atom. The summed E-state index contributed by atoms with van der Waals surface area (Å²) >= 11 is 0. The van der Waals surface area contributed by atoms with Gasteiger partial charge < -0.3 is 19.7 Å². The van der Waals surface area contributed by atoms with Gasteiger partial charge in [0.25, 0.3) is 0 Å². The standard InChI is InChI=1S/C13H17NO5/c1-18-5-4-14(7-13(16)17)11-8-19-12-6-9(15)2-3-10(11)12/h2-3,6,11,15H,4-5,7-8H2,1H3,(H,16,17). The number of ether oxygens (including phenoxy) is 2. The van der Waals surface area contributed by atoms with Crippen molar-refractivity contribution in [1.29, 1.82) is 0 Å². The zero-order valence-corrected chi connectivity index (χ0v) is 10.7. The third kappa shape index (κ3) is 3.15. The lowest BCUT2D eigenvalue weighted by atomic mass is 10.1. The van der Waals surface area contributed by atoms with Gasteiger partial charge in [0.2, 0.25) is 0 Å². The molecule has 0 radical (unpaired) electrons. The Balaban J connectivity index is 2.17. The number of aliphatic carboxylic acids is 1. The third-order valence-electron chi connectivity index (χ3n) is 3.11. The summed E-state index contributed by atoms with van der Waals surface area (Å²) in [6.07, 6.45) is 0. The maximum Gasteiger partial charge on any atom is 0.317 e. The molecule has 0 aromatic heterocycles. The number of methoxy groups -OCH3 is 1. The summed E-state index contributed by atoms with van der Waals surface area (Å²) in [4.78, 5) is 12.7. The molecule has 1 aromatic carbocycles. The topological polar surface area (TPSA) is 79.2 Å². The van der Waals surface area contributed by atoms with Gasteiger partial charge >= 0.3 is 5.97 Å². The quantitative estimate of drug-likeness (QED) is 0.795. The summed E-state index contributed by atoms with van der Waals surface area (Å²) in [5.74, 6) is -0.137. The SMILES string of the molecule is COCCN(CC(=O)O)C1COc2cc(O)ccc21. The van der Waals surface area contributed by atoms with Crippen molar-refractivity contribution < 1.29 is 24.5 Å². The van der Waals surface area contributed by atoms with Gasteiger partial charge in [0.15, 0.2) is 0 Å². The molecule has 104 valence electrons. The van der Waals surface area contributed by atoms with Crippen LogP contribution in [0.15, 0.2) is 18.2 Å². The van der Waals surface area contributed by atoms with Crippen LogP contribution in [-0.2, 0) is 9.53 Å². The first-order chi connectivity index (χ1) is 9.11. The van der Waals surface area contributed by atoms with E-state index in [1.807, 2.05) is 0 Å². The van der Waals surface area contributed by atoms with Crippen molar-refractivity contribution in [3.63, 3.8) is 0 Å². The lowest BCUT2D eigenvalue weighted by molar-refractivity contribution is -0.139. The van der Waals surface area contributed by atoms with Gasteiger partial charge in [-0.25, -0.2) is 0 Å². The van der Waals surface area contributed by atoms with Crippen LogP contribution in [-0.4, -0.2) is 54.5 Å². The summed E-state index contributed by atoms with van der Waals surface area (Å²) in [5, 5.41) is 18.4. The second-order valence-electron chi connectivity index (χ2n) is 4.41. The Kier molecular flexibility index (Phi) is 4.24. The normalized spacial score (nSPS) is 17.3. The number of fused-ring (bicyclic) bond motifs is 1. The summed E-state index contributed by atoms with van der Waals surface area (Å²) in [5.41, 5.74) is 0.898. The highest BCUT2D eigenvalue weighted by Gasteiger charge is 2.30. The van der Waals surface area contributed by atoms with E-state index in [4.69, 9.17) is 14.6 Å². The zero-order valence-electron chi connectivity index (χ0n) is 10.7. The van der Waals surface area contributed by atoms with Crippen LogP contribution < -0.4 is 4.74 Å². The van der Waals surface area contributed by atoms with E-state index in [2.05, 4.69) is 0 Å². The molecule has 0 spiro atoms. The van der Waals surface area contributed by atoms with Gasteiger partial charge in [0.05, 0.1) is 19.2 Å². The number of nitrogens with zero attached hydrogens (tertiary/aromatic N) is 1. The number of carbonyl (C=O) groups is 1. The van der Waals surface area contributed by atoms with Gasteiger partial charge in [-0.05, 0) is 12.1 Å². The smallest absolute Gasteiger partial charge is 0.317 e. The zero-order chi connectivity index (χ0) is 13.8. The van der Waals surface area contributed by atoms with Gasteiger partial charge in [-0.3, -0.25) is 9.69 Å². The van der Waals surface area contributed by atoms with Crippen molar-refractivity contribution in [1.82, 2.24) is 4.90 Å². The number of carboxylic acids is 1. The molecule has 1 unspecified atom stereocenters. The molecule has 0 saturated heterocycles. The Morgan fingerprint density at radius 1 is 1.58 bits per heavy atom. The van der Waals surface area contributed by atoms with Crippen molar-refractivity contribution in [3.8, 4) is 11.5 Å². The minimum absolute atomic E-state index is 0.0717. The van der Waals surface area contributed by atoms with Crippen molar-refractivity contribution in [3.05, 3.63) is 23.8 Å². The first kappa shape index (κ1) is 13.6. The van der Waals surface area contributed by atoms with Crippen LogP contribution >= 0.6 is 0 Å². The Morgan fingerprint density at radius 3 is 3.05 bits per heavy atom. The maximum atomic E-state index is 10.9. The van der Waals surface area contributed by atoms with Crippen LogP contribution in [0.2, 0.25) is 0 Å². The molecule has 1 aliphatic rings. The average molecular weight is 267 g/mol. The van der Waals surface area contributed by atoms with Crippen LogP contribution in [0.25, 0.3) is 0 Å². The second kappa shape index (κ2) is 5.90. The monoisotopic (exact) mass is 267 g/mol. The molecule has 1 aromatic rings. The van der Waals surface area contributed by atoms with E-state index >= 15 is 0 Å². The number of hydrogen-bond donors (Lipinski definition) is 2. The molecular weight excluding hydrogens is 250 g/mol. The van der Waals surface area contributed by atoms with E-state index in [9.17, 15) is 9.90 Å². The van der Waals surface area contributed by atoms with Crippen molar-refractivity contribution in [2.24, 2.45) is 0 Å². The first-order valence-corrected chi connectivity index (χ1v) is 6.02. The molecule has 1 atom stereocenters. The molecule has 1 heterocycles. The minimum Gasteiger partial charge on any atom is -0.508 e. The number of hydrogen-bond acceptors (Lipinski definition) is 5. The highest BCUT2D eigenvalue weighted by Crippen LogP contribution is 2.37. The van der Waals surface area contributed by atoms with Gasteiger partial charge in [-0.2, -0.15) is 0 Å². The van der Waals surface area contributed by atoms with Crippen LogP contribution in [0.3, 0.4) is 0 Å². The fourth-order valence-corrected chi connectivity index (χ4v) is 2.21. The number of benzene rings is 1. The Labute approximate surface area is 111 Å². The second-order valence-corrected chi connectivity index (χ2v) is 4.41. The van der Waals surface area contributed by atoms with Crippen LogP contribution in [0.1, 0.15) is 11.6 Å². The van der Waals surface area contributed by atoms with Crippen LogP contribution in [0.4, 0.5) is 0 Å². The van der Waals surface area contributed by atoms with Gasteiger partial charge in [0.1, 0.15) is 18.1 Å². The molecular formula is C13H17NO5. The molecule has 2 rings (SSSR count). The molecule has 0 amide bonds. The van der Waals surface area contributed by atoms with Gasteiger partial charge in [-0.1, -0.05) is 0 Å². The van der Waals surface area contributed by atoms with Gasteiger partial charge in [0, 0.05) is 25.3 Å². The molecule has 6 heteroatoms. The lowest BCUT2D eigenvalue weighted by Crippen LogP contribution is -2.36. The third-order valence-corrected chi connectivity index (χ3v) is 3.11. The molecule has 0 saturated carbocycles. The minimum atomic E-state index is -0.886. The summed E-state index contributed by atoms with van der Waals surface area (Å²) < 4.78 is 10.5. The summed E-state index contributed by atoms with van der Waals surface area (Å²) in [6, 6.07) is 4.77. The molecule has 0 aliphatic carbocycles. The molecule has 2 N–H and O–H groups in total. The molecule has 0 fully saturated rings. The number of carboxylic acid groups (broad SMARTS) is 1. The molecule has 0 bridgehead atoms. The Bertz CT molecular complexity index is 462. The van der Waals surface area contributed by atoms with E-state index in [1.165, 1.54) is 0 Å². The Hall–Kier alpha value is -1.79. The fourth-order valence-electron chi connectivity index (χ4n) is 2.21. The first-order valence-electron chi connectivity index (χ1n) is 6.02. The maximum absolute atomic E-state index is 10.9. The summed E-state index contributed by atoms with van der Waals surface area (Å²) in [7, 11) is 1.58. The van der Waals surface area contributed by atoms with E-state index in [-0.39, 0.29) is 18.3 Å². The van der Waals surface area contributed by atoms with Crippen LogP contribution in [0.5, 0.6) is 11.5 Å². The summed E-state index contributed by atoms with van der Waals surface area (Å²) in [6.45, 7) is 1.28. The van der Waals surface area contributed by atoms with E-state index in [0.29, 0.717) is 25.5 Å². The molecule has 1 aliphatic heterocycles. The predicted octanol–water partition coefficient (Wildman–Crippen LogP) is 0.859. The molecule has 19 heavy (non-hydrogen) atoms. The van der Waals surface area contributed by atoms with E-state index in [1.54, 1.807) is 30.2 Å². The predicted molar refractivity (Wildman–Crippen MR) is 67.4 cm³/mol. The number of rotatable bonds is 6. The van der Waals surface area contributed by atoms with E-state index < -0.39 is 5.97 Å². The van der Waals surface area contributed by atoms with Crippen molar-refractivity contribution in [2.45, 2.75) is 6.04 Å². The lowest BCUT2D eigenvalue weighted by Gasteiger charge is -2.25. The number of phenolic OH excluding ortho intramolecular Hbond substituents is 1. The van der Waals surface area contributed by atoms with Crippen molar-refractivity contribution in [2.75, 3.05) is 33.4 Å². The van der Waals surface area contributed by atoms with E-state index in [0.717, 1.165) is 5.56 Å². The number of phenols is 1. The number of aromatic hydroxyl groups is 1. The van der Waals surface area contributed by atoms with Crippen LogP contribution in [0, 0.1) is 0 Å². The van der Waals surface area contributed by atoms with Crippen molar-refractivity contribution >= 4 is 5.97 Å². The highest BCUT2D eigenvalue weighted by atomic mass is 16.5. The highest BCUT2D eigenvalue weighted by molar-refractivity contribution is 5.69. The van der Waals surface area contributed by atoms with Gasteiger partial charge in [-0.15, -0.1) is 0 Å². The molecule has 6 nitrogen and oxygen atoms in total. The fraction of sp³-hybridized carbons (Fsp3) is 0.462. The average Bonchev–Trinajstić information content (AvgIpc) is 2.76.